The van der Waals surface area contributed by atoms with Crippen molar-refractivity contribution in [2.75, 3.05) is 30.9 Å². The van der Waals surface area contributed by atoms with Crippen LogP contribution in [0.4, 0.5) is 16.2 Å². The SMILES string of the molecule is CN(C)c1ccc(NC(=O)CNC(=O)NC2CCCC2)cc1. The molecule has 1 aliphatic carbocycles. The molecule has 0 unspecified atom stereocenters. The molecule has 0 atom stereocenters. The average molecular weight is 304 g/mol. The van der Waals surface area contributed by atoms with Gasteiger partial charge in [0.2, 0.25) is 5.91 Å². The second-order valence-electron chi connectivity index (χ2n) is 5.80. The molecule has 0 aliphatic heterocycles. The van der Waals surface area contributed by atoms with Crippen LogP contribution in [0.5, 0.6) is 0 Å². The highest BCUT2D eigenvalue weighted by molar-refractivity contribution is 5.94. The molecule has 6 heteroatoms. The molecule has 1 fully saturated rings. The van der Waals surface area contributed by atoms with Crippen molar-refractivity contribution in [3.8, 4) is 0 Å². The van der Waals surface area contributed by atoms with Crippen LogP contribution in [0.15, 0.2) is 24.3 Å². The summed E-state index contributed by atoms with van der Waals surface area (Å²) in [4.78, 5) is 25.5. The number of urea groups is 1. The van der Waals surface area contributed by atoms with Crippen molar-refractivity contribution in [3.05, 3.63) is 24.3 Å². The number of nitrogens with zero attached hydrogens (tertiary/aromatic N) is 1. The molecular weight excluding hydrogens is 280 g/mol. The Balaban J connectivity index is 1.71. The topological polar surface area (TPSA) is 73.5 Å². The maximum absolute atomic E-state index is 11.8. The largest absolute Gasteiger partial charge is 0.378 e. The molecule has 1 saturated carbocycles. The normalized spacial score (nSPS) is 14.5. The zero-order chi connectivity index (χ0) is 15.9. The first-order valence-electron chi connectivity index (χ1n) is 7.66. The van der Waals surface area contributed by atoms with E-state index in [2.05, 4.69) is 16.0 Å². The minimum atomic E-state index is -0.273. The number of carbonyl (C=O) groups excluding carboxylic acids is 2. The summed E-state index contributed by atoms with van der Waals surface area (Å²) in [6, 6.07) is 7.51. The number of hydrogen-bond acceptors (Lipinski definition) is 3. The van der Waals surface area contributed by atoms with E-state index >= 15 is 0 Å². The lowest BCUT2D eigenvalue weighted by atomic mass is 10.2. The number of anilines is 2. The van der Waals surface area contributed by atoms with Crippen LogP contribution in [-0.2, 0) is 4.79 Å². The van der Waals surface area contributed by atoms with Crippen molar-refractivity contribution in [3.63, 3.8) is 0 Å². The third kappa shape index (κ3) is 4.95. The van der Waals surface area contributed by atoms with Gasteiger partial charge in [0.1, 0.15) is 0 Å². The van der Waals surface area contributed by atoms with Gasteiger partial charge in [-0.3, -0.25) is 4.79 Å². The number of nitrogens with one attached hydrogen (secondary N) is 3. The lowest BCUT2D eigenvalue weighted by Crippen LogP contribution is -2.43. The standard InChI is InChI=1S/C16H24N4O2/c1-20(2)14-9-7-13(8-10-14)18-15(21)11-17-16(22)19-12-5-3-4-6-12/h7-10,12H,3-6,11H2,1-2H3,(H,18,21)(H2,17,19,22). The van der Waals surface area contributed by atoms with Crippen LogP contribution in [0, 0.1) is 0 Å². The van der Waals surface area contributed by atoms with Crippen LogP contribution < -0.4 is 20.9 Å². The van der Waals surface area contributed by atoms with E-state index in [1.807, 2.05) is 43.3 Å². The van der Waals surface area contributed by atoms with Gasteiger partial charge in [-0.1, -0.05) is 12.8 Å². The van der Waals surface area contributed by atoms with Crippen LogP contribution in [0.3, 0.4) is 0 Å². The summed E-state index contributed by atoms with van der Waals surface area (Å²) in [5, 5.41) is 8.23. The summed E-state index contributed by atoms with van der Waals surface area (Å²) in [5.74, 6) is -0.237. The summed E-state index contributed by atoms with van der Waals surface area (Å²) in [6.45, 7) is -0.0337. The van der Waals surface area contributed by atoms with Gasteiger partial charge in [-0.2, -0.15) is 0 Å². The minimum Gasteiger partial charge on any atom is -0.378 e. The third-order valence-electron chi connectivity index (χ3n) is 3.77. The Morgan fingerprint density at radius 2 is 1.77 bits per heavy atom. The molecule has 0 aromatic heterocycles. The van der Waals surface area contributed by atoms with E-state index in [0.717, 1.165) is 31.4 Å². The van der Waals surface area contributed by atoms with Crippen LogP contribution in [0.1, 0.15) is 25.7 Å². The molecule has 1 aliphatic rings. The van der Waals surface area contributed by atoms with Crippen LogP contribution in [-0.4, -0.2) is 38.6 Å². The van der Waals surface area contributed by atoms with Crippen molar-refractivity contribution in [1.82, 2.24) is 10.6 Å². The molecule has 6 nitrogen and oxygen atoms in total. The number of benzene rings is 1. The molecule has 3 N–H and O–H groups in total. The molecule has 1 aromatic rings. The maximum atomic E-state index is 11.8. The van der Waals surface area contributed by atoms with Gasteiger partial charge in [-0.15, -0.1) is 0 Å². The Kier molecular flexibility index (Phi) is 5.63. The van der Waals surface area contributed by atoms with Gasteiger partial charge in [0.15, 0.2) is 0 Å². The molecule has 3 amide bonds. The zero-order valence-corrected chi connectivity index (χ0v) is 13.2. The average Bonchev–Trinajstić information content (AvgIpc) is 2.98. The lowest BCUT2D eigenvalue weighted by molar-refractivity contribution is -0.115. The van der Waals surface area contributed by atoms with E-state index in [0.29, 0.717) is 5.69 Å². The summed E-state index contributed by atoms with van der Waals surface area (Å²) < 4.78 is 0. The molecule has 0 saturated heterocycles. The van der Waals surface area contributed by atoms with E-state index in [1.54, 1.807) is 0 Å². The first-order valence-corrected chi connectivity index (χ1v) is 7.66. The molecule has 0 heterocycles. The van der Waals surface area contributed by atoms with E-state index in [1.165, 1.54) is 0 Å². The Morgan fingerprint density at radius 1 is 1.14 bits per heavy atom. The number of amides is 3. The fourth-order valence-electron chi connectivity index (χ4n) is 2.52. The highest BCUT2D eigenvalue weighted by Crippen LogP contribution is 2.17. The van der Waals surface area contributed by atoms with Crippen molar-refractivity contribution >= 4 is 23.3 Å². The molecule has 0 radical (unpaired) electrons. The van der Waals surface area contributed by atoms with Crippen LogP contribution in [0.25, 0.3) is 0 Å². The Labute approximate surface area is 131 Å². The maximum Gasteiger partial charge on any atom is 0.315 e. The quantitative estimate of drug-likeness (QED) is 0.778. The van der Waals surface area contributed by atoms with E-state index in [-0.39, 0.29) is 24.5 Å². The van der Waals surface area contributed by atoms with E-state index in [9.17, 15) is 9.59 Å². The predicted octanol–water partition coefficient (Wildman–Crippen LogP) is 1.93. The second-order valence-corrected chi connectivity index (χ2v) is 5.80. The van der Waals surface area contributed by atoms with Crippen LogP contribution >= 0.6 is 0 Å². The van der Waals surface area contributed by atoms with Gasteiger partial charge in [-0.05, 0) is 37.1 Å². The van der Waals surface area contributed by atoms with Gasteiger partial charge < -0.3 is 20.9 Å². The van der Waals surface area contributed by atoms with E-state index < -0.39 is 0 Å². The van der Waals surface area contributed by atoms with Gasteiger partial charge in [0, 0.05) is 31.5 Å². The lowest BCUT2D eigenvalue weighted by Gasteiger charge is -2.14. The first kappa shape index (κ1) is 16.1. The monoisotopic (exact) mass is 304 g/mol. The second kappa shape index (κ2) is 7.68. The van der Waals surface area contributed by atoms with Crippen molar-refractivity contribution in [1.29, 1.82) is 0 Å². The molecule has 1 aromatic carbocycles. The Bertz CT molecular complexity index is 507. The summed E-state index contributed by atoms with van der Waals surface area (Å²) >= 11 is 0. The highest BCUT2D eigenvalue weighted by atomic mass is 16.2. The fourth-order valence-corrected chi connectivity index (χ4v) is 2.52. The molecule has 0 spiro atoms. The third-order valence-corrected chi connectivity index (χ3v) is 3.77. The minimum absolute atomic E-state index is 0.0337. The summed E-state index contributed by atoms with van der Waals surface area (Å²) in [7, 11) is 3.92. The van der Waals surface area contributed by atoms with Gasteiger partial charge in [0.05, 0.1) is 6.54 Å². The van der Waals surface area contributed by atoms with Crippen molar-refractivity contribution in [2.24, 2.45) is 0 Å². The molecule has 2 rings (SSSR count). The zero-order valence-electron chi connectivity index (χ0n) is 13.2. The smallest absolute Gasteiger partial charge is 0.315 e. The van der Waals surface area contributed by atoms with Crippen molar-refractivity contribution in [2.45, 2.75) is 31.7 Å². The molecule has 120 valence electrons. The summed E-state index contributed by atoms with van der Waals surface area (Å²) in [5.41, 5.74) is 1.78. The van der Waals surface area contributed by atoms with Crippen LogP contribution in [0.2, 0.25) is 0 Å². The first-order chi connectivity index (χ1) is 10.5. The Morgan fingerprint density at radius 3 is 2.36 bits per heavy atom. The summed E-state index contributed by atoms with van der Waals surface area (Å²) in [6.07, 6.45) is 4.37. The highest BCUT2D eigenvalue weighted by Gasteiger charge is 2.17. The number of carbonyl (C=O) groups is 2. The number of rotatable bonds is 5. The van der Waals surface area contributed by atoms with Gasteiger partial charge >= 0.3 is 6.03 Å². The fraction of sp³-hybridized carbons (Fsp3) is 0.500. The van der Waals surface area contributed by atoms with E-state index in [4.69, 9.17) is 0 Å². The molecular formula is C16H24N4O2. The molecule has 22 heavy (non-hydrogen) atoms. The van der Waals surface area contributed by atoms with Crippen molar-refractivity contribution < 1.29 is 9.59 Å². The Hall–Kier alpha value is -2.24. The molecule has 0 bridgehead atoms. The van der Waals surface area contributed by atoms with Gasteiger partial charge in [0.25, 0.3) is 0 Å². The number of hydrogen-bond donors (Lipinski definition) is 3. The predicted molar refractivity (Wildman–Crippen MR) is 88.2 cm³/mol. The van der Waals surface area contributed by atoms with Gasteiger partial charge in [-0.25, -0.2) is 4.79 Å².